The molecule has 1 heterocycles. The highest BCUT2D eigenvalue weighted by Gasteiger charge is 2.46. The van der Waals surface area contributed by atoms with E-state index in [0.717, 1.165) is 12.1 Å². The van der Waals surface area contributed by atoms with Crippen LogP contribution >= 0.6 is 0 Å². The van der Waals surface area contributed by atoms with Gasteiger partial charge in [-0.05, 0) is 74.6 Å². The number of ketones is 1. The molecule has 3 aromatic rings. The number of rotatable bonds is 12. The summed E-state index contributed by atoms with van der Waals surface area (Å²) in [5.41, 5.74) is 1.96. The minimum absolute atomic E-state index is 0.00733. The minimum atomic E-state index is -0.861. The molecule has 0 aliphatic carbocycles. The largest absolute Gasteiger partial charge is 0.507 e. The van der Waals surface area contributed by atoms with Crippen LogP contribution in [0.1, 0.15) is 29.2 Å². The SMILES string of the molecule is COc1cc(C2/C(=C(\O)c3ccc(OCc4ccccc4)cc3)C(=O)C(=O)N2CCCN(C)C)cc(OC)c1OC. The summed E-state index contributed by atoms with van der Waals surface area (Å²) in [7, 11) is 8.38. The summed E-state index contributed by atoms with van der Waals surface area (Å²) in [6.45, 7) is 1.42. The smallest absolute Gasteiger partial charge is 0.295 e. The van der Waals surface area contributed by atoms with Gasteiger partial charge in [0.25, 0.3) is 11.7 Å². The number of carbonyl (C=O) groups is 2. The summed E-state index contributed by atoms with van der Waals surface area (Å²) in [5.74, 6) is 0.0422. The monoisotopic (exact) mass is 560 g/mol. The van der Waals surface area contributed by atoms with Crippen LogP contribution in [0.25, 0.3) is 5.76 Å². The molecule has 9 nitrogen and oxygen atoms in total. The molecule has 1 saturated heterocycles. The number of carbonyl (C=O) groups excluding carboxylic acids is 2. The molecular weight excluding hydrogens is 524 g/mol. The van der Waals surface area contributed by atoms with Crippen molar-refractivity contribution in [3.05, 3.63) is 89.0 Å². The first kappa shape index (κ1) is 29.5. The van der Waals surface area contributed by atoms with Crippen LogP contribution in [0.3, 0.4) is 0 Å². The molecule has 0 spiro atoms. The van der Waals surface area contributed by atoms with Crippen LogP contribution in [0.15, 0.2) is 72.3 Å². The molecule has 1 aliphatic rings. The fourth-order valence-electron chi connectivity index (χ4n) is 4.88. The maximum absolute atomic E-state index is 13.4. The Morgan fingerprint density at radius 2 is 1.54 bits per heavy atom. The molecule has 0 radical (unpaired) electrons. The average Bonchev–Trinajstić information content (AvgIpc) is 3.24. The molecule has 0 saturated carbocycles. The van der Waals surface area contributed by atoms with E-state index in [1.165, 1.54) is 26.2 Å². The van der Waals surface area contributed by atoms with Crippen LogP contribution < -0.4 is 18.9 Å². The number of ether oxygens (including phenoxy) is 4. The first-order valence-corrected chi connectivity index (χ1v) is 13.3. The van der Waals surface area contributed by atoms with Crippen LogP contribution in [0.5, 0.6) is 23.0 Å². The maximum Gasteiger partial charge on any atom is 0.295 e. The second-order valence-corrected chi connectivity index (χ2v) is 9.91. The summed E-state index contributed by atoms with van der Waals surface area (Å²) in [4.78, 5) is 30.3. The lowest BCUT2D eigenvalue weighted by Crippen LogP contribution is -2.32. The van der Waals surface area contributed by atoms with Crippen molar-refractivity contribution < 1.29 is 33.6 Å². The second kappa shape index (κ2) is 13.2. The molecule has 3 aromatic carbocycles. The van der Waals surface area contributed by atoms with E-state index in [1.54, 1.807) is 36.4 Å². The highest BCUT2D eigenvalue weighted by molar-refractivity contribution is 6.46. The summed E-state index contributed by atoms with van der Waals surface area (Å²) in [6.07, 6.45) is 0.633. The molecule has 1 aliphatic heterocycles. The summed E-state index contributed by atoms with van der Waals surface area (Å²) >= 11 is 0. The van der Waals surface area contributed by atoms with E-state index in [2.05, 4.69) is 0 Å². The number of amides is 1. The van der Waals surface area contributed by atoms with Gasteiger partial charge >= 0.3 is 0 Å². The number of hydrogen-bond acceptors (Lipinski definition) is 8. The Bertz CT molecular complexity index is 1380. The topological polar surface area (TPSA) is 97.8 Å². The van der Waals surface area contributed by atoms with Crippen LogP contribution in [0, 0.1) is 0 Å². The van der Waals surface area contributed by atoms with E-state index in [-0.39, 0.29) is 11.3 Å². The number of hydrogen-bond donors (Lipinski definition) is 1. The first-order chi connectivity index (χ1) is 19.8. The first-order valence-electron chi connectivity index (χ1n) is 13.3. The van der Waals surface area contributed by atoms with E-state index in [0.29, 0.717) is 53.7 Å². The van der Waals surface area contributed by atoms with Gasteiger partial charge in [-0.25, -0.2) is 0 Å². The Morgan fingerprint density at radius 1 is 0.902 bits per heavy atom. The lowest BCUT2D eigenvalue weighted by Gasteiger charge is -2.27. The van der Waals surface area contributed by atoms with Crippen LogP contribution in [0.2, 0.25) is 0 Å². The van der Waals surface area contributed by atoms with Crippen molar-refractivity contribution in [2.24, 2.45) is 0 Å². The summed E-state index contributed by atoms with van der Waals surface area (Å²) < 4.78 is 22.4. The standard InChI is InChI=1S/C32H36N2O7/c1-33(2)16-9-17-34-28(23-18-25(38-3)31(40-5)26(19-23)39-4)27(30(36)32(34)37)29(35)22-12-14-24(15-13-22)41-20-21-10-7-6-8-11-21/h6-8,10-15,18-19,28,35H,9,16-17,20H2,1-5H3/b29-27+. The van der Waals surface area contributed by atoms with Gasteiger partial charge in [0, 0.05) is 12.1 Å². The molecule has 1 fully saturated rings. The van der Waals surface area contributed by atoms with Gasteiger partial charge in [0.05, 0.1) is 32.9 Å². The third kappa shape index (κ3) is 6.47. The van der Waals surface area contributed by atoms with Gasteiger partial charge in [0.1, 0.15) is 18.1 Å². The van der Waals surface area contributed by atoms with E-state index in [4.69, 9.17) is 18.9 Å². The molecule has 1 amide bonds. The highest BCUT2D eigenvalue weighted by Crippen LogP contribution is 2.45. The normalized spacial score (nSPS) is 16.2. The summed E-state index contributed by atoms with van der Waals surface area (Å²) in [5, 5.41) is 11.5. The second-order valence-electron chi connectivity index (χ2n) is 9.91. The zero-order valence-electron chi connectivity index (χ0n) is 24.0. The number of nitrogens with zero attached hydrogens (tertiary/aromatic N) is 2. The summed E-state index contributed by atoms with van der Waals surface area (Å²) in [6, 6.07) is 19.1. The van der Waals surface area contributed by atoms with Crippen LogP contribution in [-0.2, 0) is 16.2 Å². The molecule has 41 heavy (non-hydrogen) atoms. The average molecular weight is 561 g/mol. The number of benzene rings is 3. The molecule has 0 bridgehead atoms. The number of Topliss-reactive ketones (excluding diaryl/α,β-unsaturated/α-hetero) is 1. The lowest BCUT2D eigenvalue weighted by molar-refractivity contribution is -0.139. The Labute approximate surface area is 240 Å². The van der Waals surface area contributed by atoms with Crippen LogP contribution in [0.4, 0.5) is 0 Å². The Hall–Kier alpha value is -4.50. The molecule has 1 N–H and O–H groups in total. The molecule has 1 atom stereocenters. The minimum Gasteiger partial charge on any atom is -0.507 e. The van der Waals surface area contributed by atoms with Crippen molar-refractivity contribution in [1.29, 1.82) is 0 Å². The Morgan fingerprint density at radius 3 is 2.10 bits per heavy atom. The van der Waals surface area contributed by atoms with Gasteiger partial charge in [-0.1, -0.05) is 30.3 Å². The van der Waals surface area contributed by atoms with E-state index in [9.17, 15) is 14.7 Å². The van der Waals surface area contributed by atoms with Gasteiger partial charge in [0.2, 0.25) is 5.75 Å². The van der Waals surface area contributed by atoms with E-state index >= 15 is 0 Å². The third-order valence-corrected chi connectivity index (χ3v) is 6.92. The van der Waals surface area contributed by atoms with Crippen molar-refractivity contribution in [2.45, 2.75) is 19.1 Å². The van der Waals surface area contributed by atoms with Gasteiger partial charge in [-0.15, -0.1) is 0 Å². The number of aliphatic hydroxyl groups excluding tert-OH is 1. The van der Waals surface area contributed by atoms with Crippen LogP contribution in [-0.4, -0.2) is 75.1 Å². The van der Waals surface area contributed by atoms with Crippen molar-refractivity contribution in [3.63, 3.8) is 0 Å². The van der Waals surface area contributed by atoms with Crippen molar-refractivity contribution in [1.82, 2.24) is 9.80 Å². The molecule has 216 valence electrons. The molecule has 1 unspecified atom stereocenters. The zero-order chi connectivity index (χ0) is 29.5. The molecular formula is C32H36N2O7. The van der Waals surface area contributed by atoms with E-state index < -0.39 is 17.7 Å². The maximum atomic E-state index is 13.4. The third-order valence-electron chi connectivity index (χ3n) is 6.92. The fourth-order valence-corrected chi connectivity index (χ4v) is 4.88. The predicted molar refractivity (Wildman–Crippen MR) is 155 cm³/mol. The van der Waals surface area contributed by atoms with Gasteiger partial charge in [-0.2, -0.15) is 0 Å². The predicted octanol–water partition coefficient (Wildman–Crippen LogP) is 4.66. The quantitative estimate of drug-likeness (QED) is 0.194. The number of aliphatic hydroxyl groups is 1. The van der Waals surface area contributed by atoms with E-state index in [1.807, 2.05) is 49.3 Å². The van der Waals surface area contributed by atoms with Gasteiger partial charge in [0.15, 0.2) is 11.5 Å². The zero-order valence-corrected chi connectivity index (χ0v) is 24.0. The lowest BCUT2D eigenvalue weighted by atomic mass is 9.94. The van der Waals surface area contributed by atoms with Crippen molar-refractivity contribution in [3.8, 4) is 23.0 Å². The Balaban J connectivity index is 1.74. The molecule has 9 heteroatoms. The highest BCUT2D eigenvalue weighted by atomic mass is 16.5. The number of methoxy groups -OCH3 is 3. The molecule has 0 aromatic heterocycles. The van der Waals surface area contributed by atoms with Crippen molar-refractivity contribution >= 4 is 17.4 Å². The fraction of sp³-hybridized carbons (Fsp3) is 0.312. The van der Waals surface area contributed by atoms with Gasteiger partial charge < -0.3 is 33.9 Å². The Kier molecular flexibility index (Phi) is 9.52. The van der Waals surface area contributed by atoms with Crippen molar-refractivity contribution in [2.75, 3.05) is 48.5 Å². The van der Waals surface area contributed by atoms with Gasteiger partial charge in [-0.3, -0.25) is 9.59 Å². The number of likely N-dealkylation sites (tertiary alicyclic amines) is 1. The molecule has 4 rings (SSSR count).